The van der Waals surface area contributed by atoms with E-state index in [9.17, 15) is 14.5 Å². The maximum Gasteiger partial charge on any atom is 0.445 e. The Kier molecular flexibility index (Phi) is 2.93. The van der Waals surface area contributed by atoms with Crippen LogP contribution < -0.4 is 5.73 Å². The molecule has 1 heterocycles. The minimum Gasteiger partial charge on any atom is -0.320 e. The standard InChI is InChI=1S/C8H10N4O3/c1-3-4-12-6(9)5(10-15)7(13)11(2)8(12)14/h3,5,9H,1,4H2,2H3/p+1. The van der Waals surface area contributed by atoms with Crippen molar-refractivity contribution in [2.75, 3.05) is 13.6 Å². The Bertz CT molecular complexity index is 374. The van der Waals surface area contributed by atoms with Crippen molar-refractivity contribution in [1.29, 1.82) is 0 Å². The number of hydrogen-bond donors (Lipinski definition) is 1. The molecule has 1 atom stereocenters. The van der Waals surface area contributed by atoms with Crippen LogP contribution in [0.5, 0.6) is 0 Å². The van der Waals surface area contributed by atoms with Crippen molar-refractivity contribution in [3.8, 4) is 0 Å². The SMILES string of the molecule is C=CC[N+]1=C(N)C(N=O)C(=O)N(C)C1=O. The summed E-state index contributed by atoms with van der Waals surface area (Å²) in [7, 11) is 1.27. The van der Waals surface area contributed by atoms with Crippen molar-refractivity contribution in [1.82, 2.24) is 4.90 Å². The number of hydrogen-bond acceptors (Lipinski definition) is 5. The van der Waals surface area contributed by atoms with Crippen LogP contribution >= 0.6 is 0 Å². The number of nitrogens with two attached hydrogens (primary N) is 1. The van der Waals surface area contributed by atoms with Gasteiger partial charge in [0.25, 0.3) is 6.04 Å². The lowest BCUT2D eigenvalue weighted by Crippen LogP contribution is -2.58. The van der Waals surface area contributed by atoms with Crippen molar-refractivity contribution in [3.05, 3.63) is 17.6 Å². The van der Waals surface area contributed by atoms with Gasteiger partial charge in [0.15, 0.2) is 0 Å². The van der Waals surface area contributed by atoms with Crippen LogP contribution in [0, 0.1) is 4.91 Å². The molecule has 1 aliphatic rings. The summed E-state index contributed by atoms with van der Waals surface area (Å²) >= 11 is 0. The maximum atomic E-state index is 11.5. The average Bonchev–Trinajstić information content (AvgIpc) is 2.22. The van der Waals surface area contributed by atoms with E-state index in [1.54, 1.807) is 0 Å². The molecule has 1 rings (SSSR count). The second-order valence-corrected chi connectivity index (χ2v) is 3.01. The number of nitrogens with zero attached hydrogens (tertiary/aromatic N) is 3. The number of carbonyl (C=O) groups excluding carboxylic acids is 2. The molecule has 0 aromatic rings. The largest absolute Gasteiger partial charge is 0.445 e. The molecular weight excluding hydrogens is 200 g/mol. The normalized spacial score (nSPS) is 21.9. The van der Waals surface area contributed by atoms with Crippen LogP contribution in [0.25, 0.3) is 0 Å². The van der Waals surface area contributed by atoms with Crippen molar-refractivity contribution >= 4 is 17.8 Å². The van der Waals surface area contributed by atoms with Gasteiger partial charge in [-0.15, -0.1) is 4.91 Å². The lowest BCUT2D eigenvalue weighted by Gasteiger charge is -2.21. The van der Waals surface area contributed by atoms with E-state index in [0.29, 0.717) is 0 Å². The Morgan fingerprint density at radius 2 is 2.27 bits per heavy atom. The summed E-state index contributed by atoms with van der Waals surface area (Å²) in [5.41, 5.74) is 5.50. The van der Waals surface area contributed by atoms with E-state index in [1.807, 2.05) is 0 Å². The quantitative estimate of drug-likeness (QED) is 0.378. The molecule has 1 aliphatic heterocycles. The Hall–Kier alpha value is -2.05. The van der Waals surface area contributed by atoms with Gasteiger partial charge in [0.05, 0.1) is 13.6 Å². The first-order valence-electron chi connectivity index (χ1n) is 4.19. The smallest absolute Gasteiger partial charge is 0.320 e. The van der Waals surface area contributed by atoms with E-state index < -0.39 is 18.0 Å². The fraction of sp³-hybridized carbons (Fsp3) is 0.375. The first-order chi connectivity index (χ1) is 7.04. The number of rotatable bonds is 3. The molecule has 0 spiro atoms. The molecule has 7 heteroatoms. The van der Waals surface area contributed by atoms with Gasteiger partial charge in [0.1, 0.15) is 0 Å². The summed E-state index contributed by atoms with van der Waals surface area (Å²) < 4.78 is 1.08. The summed E-state index contributed by atoms with van der Waals surface area (Å²) in [6.45, 7) is 3.58. The molecule has 0 aliphatic carbocycles. The Morgan fingerprint density at radius 3 is 2.73 bits per heavy atom. The zero-order valence-corrected chi connectivity index (χ0v) is 8.21. The van der Waals surface area contributed by atoms with Crippen molar-refractivity contribution in [2.45, 2.75) is 6.04 Å². The zero-order chi connectivity index (χ0) is 11.6. The Balaban J connectivity index is 3.25. The summed E-state index contributed by atoms with van der Waals surface area (Å²) in [5.74, 6) is -0.870. The highest BCUT2D eigenvalue weighted by molar-refractivity contribution is 6.12. The number of likely N-dealkylation sites (N-methyl/N-ethyl adjacent to an activating group) is 1. The van der Waals surface area contributed by atoms with Crippen LogP contribution in [0.3, 0.4) is 0 Å². The second kappa shape index (κ2) is 3.99. The number of imide groups is 1. The fourth-order valence-corrected chi connectivity index (χ4v) is 1.26. The van der Waals surface area contributed by atoms with Gasteiger partial charge in [0, 0.05) is 0 Å². The minimum absolute atomic E-state index is 0.133. The van der Waals surface area contributed by atoms with Gasteiger partial charge in [-0.1, -0.05) is 12.7 Å². The van der Waals surface area contributed by atoms with E-state index in [-0.39, 0.29) is 12.4 Å². The number of amides is 3. The third-order valence-electron chi connectivity index (χ3n) is 2.09. The molecule has 3 amide bonds. The fourth-order valence-electron chi connectivity index (χ4n) is 1.26. The van der Waals surface area contributed by atoms with Gasteiger partial charge in [-0.25, -0.2) is 4.79 Å². The molecule has 7 nitrogen and oxygen atoms in total. The lowest BCUT2D eigenvalue weighted by atomic mass is 10.2. The summed E-state index contributed by atoms with van der Waals surface area (Å²) in [6, 6.07) is -1.91. The van der Waals surface area contributed by atoms with Crippen LogP contribution in [0.4, 0.5) is 4.79 Å². The minimum atomic E-state index is -1.33. The molecule has 0 aromatic carbocycles. The molecule has 15 heavy (non-hydrogen) atoms. The predicted molar refractivity (Wildman–Crippen MR) is 52.3 cm³/mol. The van der Waals surface area contributed by atoms with Crippen LogP contribution in [0.2, 0.25) is 0 Å². The van der Waals surface area contributed by atoms with E-state index >= 15 is 0 Å². The molecule has 0 saturated heterocycles. The highest BCUT2D eigenvalue weighted by Crippen LogP contribution is 2.07. The van der Waals surface area contributed by atoms with Gasteiger partial charge >= 0.3 is 11.9 Å². The van der Waals surface area contributed by atoms with Gasteiger partial charge in [0.2, 0.25) is 5.84 Å². The molecule has 0 fully saturated rings. The van der Waals surface area contributed by atoms with Gasteiger partial charge in [-0.2, -0.15) is 9.48 Å². The zero-order valence-electron chi connectivity index (χ0n) is 8.21. The van der Waals surface area contributed by atoms with E-state index in [4.69, 9.17) is 5.73 Å². The molecule has 0 radical (unpaired) electrons. The number of carbonyl (C=O) groups is 2. The molecule has 0 aromatic heterocycles. The molecule has 0 saturated carbocycles. The third kappa shape index (κ3) is 1.63. The highest BCUT2D eigenvalue weighted by atomic mass is 16.3. The number of amidine groups is 1. The second-order valence-electron chi connectivity index (χ2n) is 3.01. The first-order valence-corrected chi connectivity index (χ1v) is 4.19. The van der Waals surface area contributed by atoms with Crippen LogP contribution in [-0.2, 0) is 4.79 Å². The van der Waals surface area contributed by atoms with Crippen LogP contribution in [0.1, 0.15) is 0 Å². The van der Waals surface area contributed by atoms with Crippen molar-refractivity contribution in [3.63, 3.8) is 0 Å². The molecule has 80 valence electrons. The van der Waals surface area contributed by atoms with E-state index in [1.165, 1.54) is 13.1 Å². The van der Waals surface area contributed by atoms with Gasteiger partial charge < -0.3 is 5.73 Å². The van der Waals surface area contributed by atoms with E-state index in [0.717, 1.165) is 9.48 Å². The monoisotopic (exact) mass is 211 g/mol. The predicted octanol–water partition coefficient (Wildman–Crippen LogP) is -0.731. The maximum absolute atomic E-state index is 11.5. The average molecular weight is 211 g/mol. The third-order valence-corrected chi connectivity index (χ3v) is 2.09. The summed E-state index contributed by atoms with van der Waals surface area (Å²) in [5, 5.41) is 2.60. The molecule has 1 unspecified atom stereocenters. The van der Waals surface area contributed by atoms with E-state index in [2.05, 4.69) is 11.8 Å². The Morgan fingerprint density at radius 1 is 1.67 bits per heavy atom. The first kappa shape index (κ1) is 11.0. The van der Waals surface area contributed by atoms with Gasteiger partial charge in [-0.3, -0.25) is 4.79 Å². The topological polar surface area (TPSA) is 95.8 Å². The van der Waals surface area contributed by atoms with Crippen LogP contribution in [-0.4, -0.2) is 46.9 Å². The number of urea groups is 1. The number of nitroso groups, excluding NO2 is 1. The highest BCUT2D eigenvalue weighted by Gasteiger charge is 2.44. The molecule has 0 bridgehead atoms. The van der Waals surface area contributed by atoms with Crippen molar-refractivity contribution < 1.29 is 14.2 Å². The van der Waals surface area contributed by atoms with Gasteiger partial charge in [-0.05, 0) is 5.18 Å². The summed E-state index contributed by atoms with van der Waals surface area (Å²) in [4.78, 5) is 34.2. The van der Waals surface area contributed by atoms with Crippen LogP contribution in [0.15, 0.2) is 17.8 Å². The van der Waals surface area contributed by atoms with Crippen molar-refractivity contribution in [2.24, 2.45) is 10.9 Å². The Labute approximate surface area is 85.8 Å². The lowest BCUT2D eigenvalue weighted by molar-refractivity contribution is -0.428. The summed E-state index contributed by atoms with van der Waals surface area (Å²) in [6.07, 6.45) is 1.44. The molecular formula is C8H11N4O3+. The molecule has 2 N–H and O–H groups in total.